The van der Waals surface area contributed by atoms with Crippen molar-refractivity contribution in [2.75, 3.05) is 0 Å². The summed E-state index contributed by atoms with van der Waals surface area (Å²) in [6, 6.07) is 4.40. The van der Waals surface area contributed by atoms with Crippen molar-refractivity contribution >= 4 is 5.97 Å². The number of hydrogen-bond acceptors (Lipinski definition) is 4. The van der Waals surface area contributed by atoms with Gasteiger partial charge in [-0.1, -0.05) is 31.9 Å². The van der Waals surface area contributed by atoms with Crippen LogP contribution in [0.4, 0.5) is 30.7 Å². The van der Waals surface area contributed by atoms with Crippen molar-refractivity contribution in [1.29, 1.82) is 0 Å². The lowest BCUT2D eigenvalue weighted by Crippen LogP contribution is -2.29. The van der Waals surface area contributed by atoms with Gasteiger partial charge in [-0.05, 0) is 87.0 Å². The molecule has 2 aromatic carbocycles. The summed E-state index contributed by atoms with van der Waals surface area (Å²) in [5.41, 5.74) is -0.739. The van der Waals surface area contributed by atoms with Crippen LogP contribution in [0.5, 0.6) is 17.2 Å². The van der Waals surface area contributed by atoms with Crippen LogP contribution in [-0.4, -0.2) is 12.3 Å². The summed E-state index contributed by atoms with van der Waals surface area (Å²) in [6.45, 7) is 2.20. The molecule has 4 rings (SSSR count). The number of carbonyl (C=O) groups is 1. The summed E-state index contributed by atoms with van der Waals surface area (Å²) in [7, 11) is 0. The first-order valence-electron chi connectivity index (χ1n) is 14.2. The summed E-state index contributed by atoms with van der Waals surface area (Å²) in [6.07, 6.45) is 4.51. The molecule has 2 aliphatic rings. The van der Waals surface area contributed by atoms with Crippen molar-refractivity contribution in [1.82, 2.24) is 0 Å². The first-order chi connectivity index (χ1) is 19.8. The zero-order valence-electron chi connectivity index (χ0n) is 23.1. The smallest absolute Gasteiger partial charge is 0.429 e. The van der Waals surface area contributed by atoms with E-state index in [4.69, 9.17) is 4.74 Å². The number of alkyl halides is 5. The van der Waals surface area contributed by atoms with Crippen molar-refractivity contribution in [2.45, 2.75) is 77.2 Å². The van der Waals surface area contributed by atoms with E-state index < -0.39 is 47.1 Å². The Bertz CT molecular complexity index is 1210. The molecular formula is C31H33F7O4. The van der Waals surface area contributed by atoms with Gasteiger partial charge in [-0.3, -0.25) is 4.79 Å². The zero-order chi connectivity index (χ0) is 30.5. The average molecular weight is 603 g/mol. The Kier molecular flexibility index (Phi) is 10.1. The van der Waals surface area contributed by atoms with Gasteiger partial charge in [-0.2, -0.15) is 8.78 Å². The van der Waals surface area contributed by atoms with E-state index in [2.05, 4.69) is 28.5 Å². The fraction of sp³-hybridized carbons (Fsp3) is 0.516. The molecule has 4 nitrogen and oxygen atoms in total. The minimum atomic E-state index is -5.39. The van der Waals surface area contributed by atoms with Gasteiger partial charge in [0.25, 0.3) is 0 Å². The Morgan fingerprint density at radius 3 is 2.02 bits per heavy atom. The molecule has 0 amide bonds. The van der Waals surface area contributed by atoms with Gasteiger partial charge in [-0.15, -0.1) is 13.2 Å². The maximum atomic E-state index is 14.6. The normalized spacial score (nSPS) is 23.0. The lowest BCUT2D eigenvalue weighted by molar-refractivity contribution is -0.276. The number of ether oxygens (including phenoxy) is 3. The van der Waals surface area contributed by atoms with E-state index in [-0.39, 0.29) is 23.8 Å². The van der Waals surface area contributed by atoms with Gasteiger partial charge in [0.05, 0.1) is 11.5 Å². The highest BCUT2D eigenvalue weighted by molar-refractivity contribution is 5.75. The summed E-state index contributed by atoms with van der Waals surface area (Å²) in [4.78, 5) is 12.7. The molecule has 2 unspecified atom stereocenters. The molecule has 11 heteroatoms. The predicted octanol–water partition coefficient (Wildman–Crippen LogP) is 9.48. The second kappa shape index (κ2) is 13.4. The van der Waals surface area contributed by atoms with Gasteiger partial charge < -0.3 is 14.2 Å². The number of hydrogen-bond donors (Lipinski definition) is 0. The third-order valence-corrected chi connectivity index (χ3v) is 7.98. The van der Waals surface area contributed by atoms with Crippen LogP contribution in [0.2, 0.25) is 0 Å². The summed E-state index contributed by atoms with van der Waals surface area (Å²) < 4.78 is 107. The highest BCUT2D eigenvalue weighted by atomic mass is 19.4. The zero-order valence-corrected chi connectivity index (χ0v) is 23.1. The van der Waals surface area contributed by atoms with Crippen LogP contribution in [0, 0.1) is 35.3 Å². The molecule has 2 aromatic rings. The molecular weight excluding hydrogens is 569 g/mol. The minimum absolute atomic E-state index is 0.0424. The summed E-state index contributed by atoms with van der Waals surface area (Å²) in [5, 5.41) is 0. The monoisotopic (exact) mass is 602 g/mol. The van der Waals surface area contributed by atoms with Crippen LogP contribution in [-0.2, 0) is 10.9 Å². The molecule has 0 spiro atoms. The Morgan fingerprint density at radius 2 is 1.48 bits per heavy atom. The van der Waals surface area contributed by atoms with Crippen LogP contribution < -0.4 is 14.2 Å². The van der Waals surface area contributed by atoms with Gasteiger partial charge in [0.1, 0.15) is 11.5 Å². The second-order valence-corrected chi connectivity index (χ2v) is 11.0. The number of halogens is 7. The second-order valence-electron chi connectivity index (χ2n) is 11.0. The maximum Gasteiger partial charge on any atom is 0.573 e. The molecule has 1 fully saturated rings. The summed E-state index contributed by atoms with van der Waals surface area (Å²) in [5.74, 6) is -5.54. The number of benzene rings is 2. The third kappa shape index (κ3) is 8.41. The van der Waals surface area contributed by atoms with E-state index in [0.717, 1.165) is 37.1 Å². The van der Waals surface area contributed by atoms with Crippen LogP contribution in [0.15, 0.2) is 48.6 Å². The SMILES string of the molecule is CCCCC1C=CC(C2CCC(C(=O)Oc3ccc(C(F)(F)Oc4cc(F)c(OC(F)(F)F)c(F)c4)cc3)CC2)CC1. The van der Waals surface area contributed by atoms with E-state index in [0.29, 0.717) is 30.6 Å². The lowest BCUT2D eigenvalue weighted by Gasteiger charge is -2.34. The van der Waals surface area contributed by atoms with Crippen molar-refractivity contribution in [2.24, 2.45) is 23.7 Å². The van der Waals surface area contributed by atoms with E-state index in [1.54, 1.807) is 0 Å². The van der Waals surface area contributed by atoms with Crippen LogP contribution >= 0.6 is 0 Å². The molecule has 42 heavy (non-hydrogen) atoms. The molecule has 0 radical (unpaired) electrons. The first-order valence-corrected chi connectivity index (χ1v) is 14.2. The number of unbranched alkanes of at least 4 members (excludes halogenated alkanes) is 1. The number of esters is 1. The Hall–Kier alpha value is -3.24. The van der Waals surface area contributed by atoms with Crippen molar-refractivity contribution in [3.63, 3.8) is 0 Å². The van der Waals surface area contributed by atoms with Crippen molar-refractivity contribution < 1.29 is 49.7 Å². The first kappa shape index (κ1) is 31.7. The molecule has 2 atom stereocenters. The van der Waals surface area contributed by atoms with Crippen molar-refractivity contribution in [3.05, 3.63) is 65.7 Å². The van der Waals surface area contributed by atoms with E-state index in [1.807, 2.05) is 0 Å². The fourth-order valence-corrected chi connectivity index (χ4v) is 5.71. The summed E-state index contributed by atoms with van der Waals surface area (Å²) >= 11 is 0. The molecule has 0 aromatic heterocycles. The fourth-order valence-electron chi connectivity index (χ4n) is 5.71. The third-order valence-electron chi connectivity index (χ3n) is 7.98. The van der Waals surface area contributed by atoms with Crippen LogP contribution in [0.3, 0.4) is 0 Å². The maximum absolute atomic E-state index is 14.6. The predicted molar refractivity (Wildman–Crippen MR) is 140 cm³/mol. The molecule has 0 saturated heterocycles. The molecule has 230 valence electrons. The van der Waals surface area contributed by atoms with E-state index in [1.165, 1.54) is 32.1 Å². The van der Waals surface area contributed by atoms with Gasteiger partial charge >= 0.3 is 18.4 Å². The standard InChI is InChI=1S/C31H33F7O4/c1-2-3-4-19-5-7-20(8-6-19)21-9-11-22(12-10-21)29(39)40-24-15-13-23(14-16-24)30(34,35)41-25-17-26(32)28(27(33)18-25)42-31(36,37)38/h5,7,13-22H,2-4,6,8-12H2,1H3. The van der Waals surface area contributed by atoms with Crippen molar-refractivity contribution in [3.8, 4) is 17.2 Å². The molecule has 1 saturated carbocycles. The Labute approximate surface area is 239 Å². The van der Waals surface area contributed by atoms with E-state index >= 15 is 0 Å². The number of allylic oxidation sites excluding steroid dienone is 2. The molecule has 0 heterocycles. The van der Waals surface area contributed by atoms with Gasteiger partial charge in [0.15, 0.2) is 11.6 Å². The highest BCUT2D eigenvalue weighted by Crippen LogP contribution is 2.40. The van der Waals surface area contributed by atoms with Gasteiger partial charge in [-0.25, -0.2) is 8.78 Å². The minimum Gasteiger partial charge on any atom is -0.429 e. The number of rotatable bonds is 10. The van der Waals surface area contributed by atoms with Gasteiger partial charge in [0.2, 0.25) is 5.75 Å². The molecule has 0 N–H and O–H groups in total. The largest absolute Gasteiger partial charge is 0.573 e. The quantitative estimate of drug-likeness (QED) is 0.118. The van der Waals surface area contributed by atoms with E-state index in [9.17, 15) is 35.5 Å². The molecule has 0 bridgehead atoms. The lowest BCUT2D eigenvalue weighted by atomic mass is 9.71. The topological polar surface area (TPSA) is 44.8 Å². The average Bonchev–Trinajstić information content (AvgIpc) is 2.94. The van der Waals surface area contributed by atoms with Gasteiger partial charge in [0, 0.05) is 12.1 Å². The van der Waals surface area contributed by atoms with Crippen LogP contribution in [0.1, 0.15) is 70.3 Å². The Morgan fingerprint density at radius 1 is 0.833 bits per heavy atom. The molecule has 0 aliphatic heterocycles. The number of carbonyl (C=O) groups excluding carboxylic acids is 1. The van der Waals surface area contributed by atoms with Crippen LogP contribution in [0.25, 0.3) is 0 Å². The Balaban J connectivity index is 1.29. The highest BCUT2D eigenvalue weighted by Gasteiger charge is 2.38. The molecule has 2 aliphatic carbocycles.